The van der Waals surface area contributed by atoms with Crippen molar-refractivity contribution in [2.24, 2.45) is 0 Å². The predicted molar refractivity (Wildman–Crippen MR) is 126 cm³/mol. The fourth-order valence-corrected chi connectivity index (χ4v) is 3.88. The number of Topliss-reactive ketones (excluding diaryl/α,β-unsaturated/α-hetero) is 1. The van der Waals surface area contributed by atoms with E-state index in [1.54, 1.807) is 29.2 Å². The van der Waals surface area contributed by atoms with Gasteiger partial charge in [-0.1, -0.05) is 29.8 Å². The number of aryl methyl sites for hydroxylation is 1. The molecular weight excluding hydrogens is 404 g/mol. The number of ketones is 1. The average molecular weight is 437 g/mol. The second kappa shape index (κ2) is 10.0. The summed E-state index contributed by atoms with van der Waals surface area (Å²) in [5, 5.41) is 11.1. The van der Waals surface area contributed by atoms with Gasteiger partial charge in [0.05, 0.1) is 17.7 Å². The number of ether oxygens (including phenoxy) is 1. The molecule has 1 amide bonds. The van der Waals surface area contributed by atoms with Crippen molar-refractivity contribution >= 4 is 17.4 Å². The van der Waals surface area contributed by atoms with Gasteiger partial charge in [0.15, 0.2) is 0 Å². The Labute approximate surface area is 190 Å². The van der Waals surface area contributed by atoms with Crippen molar-refractivity contribution in [2.75, 3.05) is 27.2 Å². The van der Waals surface area contributed by atoms with Crippen molar-refractivity contribution in [1.82, 2.24) is 9.80 Å². The summed E-state index contributed by atoms with van der Waals surface area (Å²) in [7, 11) is 3.94. The van der Waals surface area contributed by atoms with Crippen LogP contribution in [-0.4, -0.2) is 59.9 Å². The maximum Gasteiger partial charge on any atom is 0.295 e. The Morgan fingerprint density at radius 1 is 1.06 bits per heavy atom. The minimum atomic E-state index is -0.652. The normalized spacial score (nSPS) is 18.1. The summed E-state index contributed by atoms with van der Waals surface area (Å²) in [5.41, 5.74) is 2.49. The minimum absolute atomic E-state index is 0.0310. The highest BCUT2D eigenvalue weighted by molar-refractivity contribution is 6.46. The van der Waals surface area contributed by atoms with Crippen LogP contribution in [0.5, 0.6) is 5.75 Å². The molecule has 1 heterocycles. The number of carbonyl (C=O) groups excluding carboxylic acids is 2. The van der Waals surface area contributed by atoms with Crippen LogP contribution in [0.2, 0.25) is 0 Å². The third kappa shape index (κ3) is 5.19. The molecule has 2 aromatic carbocycles. The van der Waals surface area contributed by atoms with Crippen LogP contribution in [0.3, 0.4) is 0 Å². The summed E-state index contributed by atoms with van der Waals surface area (Å²) in [5.74, 6) is -0.716. The third-order valence-electron chi connectivity index (χ3n) is 5.44. The van der Waals surface area contributed by atoms with Crippen molar-refractivity contribution in [1.29, 1.82) is 0 Å². The summed E-state index contributed by atoms with van der Waals surface area (Å²) in [6, 6.07) is 14.0. The molecule has 1 unspecified atom stereocenters. The van der Waals surface area contributed by atoms with Crippen molar-refractivity contribution in [3.63, 3.8) is 0 Å². The van der Waals surface area contributed by atoms with Crippen molar-refractivity contribution in [3.05, 3.63) is 70.8 Å². The van der Waals surface area contributed by atoms with Gasteiger partial charge < -0.3 is 19.6 Å². The molecule has 1 fully saturated rings. The monoisotopic (exact) mass is 436 g/mol. The lowest BCUT2D eigenvalue weighted by molar-refractivity contribution is -0.139. The van der Waals surface area contributed by atoms with Crippen molar-refractivity contribution in [3.8, 4) is 5.75 Å². The zero-order chi connectivity index (χ0) is 23.4. The van der Waals surface area contributed by atoms with Gasteiger partial charge >= 0.3 is 0 Å². The van der Waals surface area contributed by atoms with Gasteiger partial charge in [-0.2, -0.15) is 0 Å². The molecule has 3 rings (SSSR count). The van der Waals surface area contributed by atoms with Gasteiger partial charge in [-0.25, -0.2) is 0 Å². The molecule has 1 atom stereocenters. The summed E-state index contributed by atoms with van der Waals surface area (Å²) >= 11 is 0. The molecule has 1 aliphatic rings. The van der Waals surface area contributed by atoms with E-state index in [9.17, 15) is 14.7 Å². The number of amides is 1. The molecule has 1 saturated heterocycles. The zero-order valence-corrected chi connectivity index (χ0v) is 19.5. The van der Waals surface area contributed by atoms with Gasteiger partial charge in [0, 0.05) is 12.1 Å². The average Bonchev–Trinajstić information content (AvgIpc) is 2.99. The Morgan fingerprint density at radius 2 is 1.69 bits per heavy atom. The van der Waals surface area contributed by atoms with Gasteiger partial charge in [0.1, 0.15) is 11.5 Å². The van der Waals surface area contributed by atoms with E-state index in [4.69, 9.17) is 4.74 Å². The summed E-state index contributed by atoms with van der Waals surface area (Å²) in [6.45, 7) is 7.08. The van der Waals surface area contributed by atoms with Crippen molar-refractivity contribution in [2.45, 2.75) is 39.3 Å². The van der Waals surface area contributed by atoms with E-state index < -0.39 is 17.7 Å². The minimum Gasteiger partial charge on any atom is -0.507 e. The largest absolute Gasteiger partial charge is 0.507 e. The second-order valence-corrected chi connectivity index (χ2v) is 8.75. The van der Waals surface area contributed by atoms with E-state index in [2.05, 4.69) is 0 Å². The number of aliphatic hydroxyl groups is 1. The van der Waals surface area contributed by atoms with Crippen LogP contribution in [0.1, 0.15) is 43.0 Å². The SMILES string of the molecule is Cc1ccc(C2/C(=C(\O)c3ccc(OC(C)C)cc3)C(=O)C(=O)N2CCCN(C)C)cc1. The first kappa shape index (κ1) is 23.5. The molecule has 0 saturated carbocycles. The number of carbonyl (C=O) groups is 2. The lowest BCUT2D eigenvalue weighted by atomic mass is 9.94. The highest BCUT2D eigenvalue weighted by Gasteiger charge is 2.45. The first-order valence-corrected chi connectivity index (χ1v) is 11.0. The Kier molecular flexibility index (Phi) is 7.36. The van der Waals surface area contributed by atoms with E-state index in [1.165, 1.54) is 0 Å². The van der Waals surface area contributed by atoms with E-state index in [0.29, 0.717) is 17.9 Å². The molecule has 0 aromatic heterocycles. The fraction of sp³-hybridized carbons (Fsp3) is 0.385. The number of hydrogen-bond donors (Lipinski definition) is 1. The Balaban J connectivity index is 2.03. The Bertz CT molecular complexity index is 991. The first-order valence-electron chi connectivity index (χ1n) is 11.0. The smallest absolute Gasteiger partial charge is 0.295 e. The van der Waals surface area contributed by atoms with Crippen LogP contribution in [0.25, 0.3) is 5.76 Å². The van der Waals surface area contributed by atoms with E-state index in [1.807, 2.05) is 64.0 Å². The molecule has 6 nitrogen and oxygen atoms in total. The molecular formula is C26H32N2O4. The van der Waals surface area contributed by atoms with Gasteiger partial charge in [-0.05, 0) is 77.7 Å². The summed E-state index contributed by atoms with van der Waals surface area (Å²) < 4.78 is 5.66. The fourth-order valence-electron chi connectivity index (χ4n) is 3.88. The number of rotatable bonds is 8. The number of nitrogens with zero attached hydrogens (tertiary/aromatic N) is 2. The molecule has 0 bridgehead atoms. The lowest BCUT2D eigenvalue weighted by Gasteiger charge is -2.26. The number of benzene rings is 2. The van der Waals surface area contributed by atoms with E-state index in [-0.39, 0.29) is 17.4 Å². The quantitative estimate of drug-likeness (QED) is 0.382. The molecule has 0 aliphatic carbocycles. The molecule has 2 aromatic rings. The van der Waals surface area contributed by atoms with Crippen molar-refractivity contribution < 1.29 is 19.4 Å². The molecule has 1 N–H and O–H groups in total. The Morgan fingerprint density at radius 3 is 2.25 bits per heavy atom. The summed E-state index contributed by atoms with van der Waals surface area (Å²) in [6.07, 6.45) is 0.757. The van der Waals surface area contributed by atoms with E-state index in [0.717, 1.165) is 24.1 Å². The van der Waals surface area contributed by atoms with Gasteiger partial charge in [-0.15, -0.1) is 0 Å². The highest BCUT2D eigenvalue weighted by Crippen LogP contribution is 2.39. The summed E-state index contributed by atoms with van der Waals surface area (Å²) in [4.78, 5) is 29.6. The van der Waals surface area contributed by atoms with Crippen LogP contribution in [0, 0.1) is 6.92 Å². The number of aliphatic hydroxyl groups excluding tert-OH is 1. The topological polar surface area (TPSA) is 70.1 Å². The van der Waals surface area contributed by atoms with E-state index >= 15 is 0 Å². The van der Waals surface area contributed by atoms with Crippen LogP contribution in [0.15, 0.2) is 54.1 Å². The predicted octanol–water partition coefficient (Wildman–Crippen LogP) is 4.16. The standard InChI is InChI=1S/C26H32N2O4/c1-17(2)32-21-13-11-20(12-14-21)24(29)22-23(19-9-7-18(3)8-10-19)28(26(31)25(22)30)16-6-15-27(4)5/h7-14,17,23,29H,6,15-16H2,1-5H3/b24-22+. The molecule has 170 valence electrons. The zero-order valence-electron chi connectivity index (χ0n) is 19.5. The lowest BCUT2D eigenvalue weighted by Crippen LogP contribution is -2.32. The maximum atomic E-state index is 13.0. The van der Waals surface area contributed by atoms with Crippen LogP contribution in [-0.2, 0) is 9.59 Å². The molecule has 0 spiro atoms. The van der Waals surface area contributed by atoms with Gasteiger partial charge in [-0.3, -0.25) is 9.59 Å². The third-order valence-corrected chi connectivity index (χ3v) is 5.44. The molecule has 0 radical (unpaired) electrons. The van der Waals surface area contributed by atoms with Crippen LogP contribution >= 0.6 is 0 Å². The van der Waals surface area contributed by atoms with Gasteiger partial charge in [0.2, 0.25) is 0 Å². The number of likely N-dealkylation sites (tertiary alicyclic amines) is 1. The van der Waals surface area contributed by atoms with Gasteiger partial charge in [0.25, 0.3) is 11.7 Å². The Hall–Kier alpha value is -3.12. The second-order valence-electron chi connectivity index (χ2n) is 8.75. The molecule has 6 heteroatoms. The highest BCUT2D eigenvalue weighted by atomic mass is 16.5. The molecule has 32 heavy (non-hydrogen) atoms. The van der Waals surface area contributed by atoms with Crippen LogP contribution < -0.4 is 4.74 Å². The molecule has 1 aliphatic heterocycles. The first-order chi connectivity index (χ1) is 15.2. The number of hydrogen-bond acceptors (Lipinski definition) is 5. The van der Waals surface area contributed by atoms with Crippen LogP contribution in [0.4, 0.5) is 0 Å². The maximum absolute atomic E-state index is 13.0.